The van der Waals surface area contributed by atoms with Crippen molar-refractivity contribution < 1.29 is 4.39 Å². The van der Waals surface area contributed by atoms with Crippen molar-refractivity contribution in [2.45, 2.75) is 13.3 Å². The molecule has 4 aromatic rings. The summed E-state index contributed by atoms with van der Waals surface area (Å²) < 4.78 is 15.7. The molecule has 1 aromatic carbocycles. The van der Waals surface area contributed by atoms with Crippen molar-refractivity contribution in [2.75, 3.05) is 0 Å². The summed E-state index contributed by atoms with van der Waals surface area (Å²) in [7, 11) is 0. The van der Waals surface area contributed by atoms with Gasteiger partial charge in [0.2, 0.25) is 4.96 Å². The third kappa shape index (κ3) is 2.73. The molecule has 23 heavy (non-hydrogen) atoms. The summed E-state index contributed by atoms with van der Waals surface area (Å²) in [5.41, 5.74) is 1.29. The molecule has 0 unspecified atom stereocenters. The third-order valence-corrected chi connectivity index (χ3v) is 5.16. The zero-order chi connectivity index (χ0) is 16.0. The first-order valence-electron chi connectivity index (χ1n) is 6.68. The van der Waals surface area contributed by atoms with E-state index >= 15 is 0 Å². The fraction of sp³-hybridized carbons (Fsp3) is 0.143. The fourth-order valence-electron chi connectivity index (χ4n) is 2.21. The molecule has 116 valence electrons. The smallest absolute Gasteiger partial charge is 0.234 e. The van der Waals surface area contributed by atoms with Gasteiger partial charge in [-0.3, -0.25) is 0 Å². The summed E-state index contributed by atoms with van der Waals surface area (Å²) in [6, 6.07) is 4.45. The van der Waals surface area contributed by atoms with Gasteiger partial charge in [0.25, 0.3) is 0 Å². The molecule has 0 aliphatic carbocycles. The fourth-order valence-corrected chi connectivity index (χ4v) is 3.83. The summed E-state index contributed by atoms with van der Waals surface area (Å²) >= 11 is 8.82. The highest BCUT2D eigenvalue weighted by atomic mass is 35.5. The number of fused-ring (bicyclic) bond motifs is 1. The van der Waals surface area contributed by atoms with Gasteiger partial charge in [-0.2, -0.15) is 9.61 Å². The van der Waals surface area contributed by atoms with E-state index in [0.29, 0.717) is 27.8 Å². The van der Waals surface area contributed by atoms with Crippen molar-refractivity contribution in [3.05, 3.63) is 50.1 Å². The van der Waals surface area contributed by atoms with E-state index in [0.717, 1.165) is 15.7 Å². The largest absolute Gasteiger partial charge is 0.246 e. The molecular weight excluding hydrogens is 357 g/mol. The first-order chi connectivity index (χ1) is 11.1. The molecule has 0 saturated carbocycles. The number of nitrogens with zero attached hydrogens (tertiary/aromatic N) is 5. The quantitative estimate of drug-likeness (QED) is 0.550. The average molecular weight is 366 g/mol. The number of thiazole rings is 1. The number of benzene rings is 1. The molecule has 5 nitrogen and oxygen atoms in total. The van der Waals surface area contributed by atoms with Crippen LogP contribution in [-0.2, 0) is 6.42 Å². The monoisotopic (exact) mass is 365 g/mol. The summed E-state index contributed by atoms with van der Waals surface area (Å²) in [6.07, 6.45) is 0.626. The van der Waals surface area contributed by atoms with E-state index in [9.17, 15) is 4.39 Å². The lowest BCUT2D eigenvalue weighted by Crippen LogP contribution is -1.95. The zero-order valence-corrected chi connectivity index (χ0v) is 14.2. The lowest BCUT2D eigenvalue weighted by molar-refractivity contribution is 0.629. The minimum atomic E-state index is -0.448. The molecule has 9 heteroatoms. The molecule has 0 atom stereocenters. The van der Waals surface area contributed by atoms with Gasteiger partial charge in [0.15, 0.2) is 5.82 Å². The van der Waals surface area contributed by atoms with E-state index < -0.39 is 5.82 Å². The Bertz CT molecular complexity index is 1010. The van der Waals surface area contributed by atoms with Gasteiger partial charge in [-0.1, -0.05) is 22.9 Å². The number of hydrogen-bond acceptors (Lipinski definition) is 6. The lowest BCUT2D eigenvalue weighted by atomic mass is 10.2. The molecule has 0 saturated heterocycles. The first kappa shape index (κ1) is 14.7. The molecule has 0 aliphatic rings. The lowest BCUT2D eigenvalue weighted by Gasteiger charge is -1.99. The Kier molecular flexibility index (Phi) is 3.59. The molecule has 3 heterocycles. The van der Waals surface area contributed by atoms with Crippen molar-refractivity contribution >= 4 is 39.2 Å². The summed E-state index contributed by atoms with van der Waals surface area (Å²) in [6.45, 7) is 1.97. The van der Waals surface area contributed by atoms with Gasteiger partial charge >= 0.3 is 0 Å². The van der Waals surface area contributed by atoms with Gasteiger partial charge in [-0.25, -0.2) is 9.37 Å². The van der Waals surface area contributed by atoms with Gasteiger partial charge in [-0.05, 0) is 25.1 Å². The molecule has 0 aliphatic heterocycles. The molecule has 0 amide bonds. The van der Waals surface area contributed by atoms with Gasteiger partial charge < -0.3 is 0 Å². The van der Waals surface area contributed by atoms with Crippen molar-refractivity contribution in [3.8, 4) is 11.4 Å². The van der Waals surface area contributed by atoms with Crippen molar-refractivity contribution in [1.82, 2.24) is 24.8 Å². The van der Waals surface area contributed by atoms with Crippen LogP contribution in [0.5, 0.6) is 0 Å². The second-order valence-electron chi connectivity index (χ2n) is 4.87. The first-order valence-corrected chi connectivity index (χ1v) is 8.75. The molecule has 0 N–H and O–H groups in total. The molecule has 0 fully saturated rings. The van der Waals surface area contributed by atoms with Gasteiger partial charge in [0.1, 0.15) is 10.8 Å². The Morgan fingerprint density at radius 1 is 1.30 bits per heavy atom. The predicted octanol–water partition coefficient (Wildman–Crippen LogP) is 4.00. The van der Waals surface area contributed by atoms with Gasteiger partial charge in [0.05, 0.1) is 16.3 Å². The summed E-state index contributed by atoms with van der Waals surface area (Å²) in [5, 5.41) is 16.8. The second-order valence-corrected chi connectivity index (χ2v) is 7.41. The summed E-state index contributed by atoms with van der Waals surface area (Å²) in [4.78, 5) is 5.05. The number of hydrogen-bond donors (Lipinski definition) is 0. The summed E-state index contributed by atoms with van der Waals surface area (Å²) in [5.74, 6) is -0.0809. The van der Waals surface area contributed by atoms with Gasteiger partial charge in [-0.15, -0.1) is 21.5 Å². The van der Waals surface area contributed by atoms with Gasteiger partial charge in [0, 0.05) is 16.8 Å². The Hall–Kier alpha value is -1.90. The van der Waals surface area contributed by atoms with E-state index in [1.165, 1.54) is 17.4 Å². The van der Waals surface area contributed by atoms with Crippen LogP contribution in [-0.4, -0.2) is 24.8 Å². The maximum Gasteiger partial charge on any atom is 0.234 e. The highest BCUT2D eigenvalue weighted by Gasteiger charge is 2.17. The van der Waals surface area contributed by atoms with Crippen LogP contribution in [0.2, 0.25) is 5.02 Å². The van der Waals surface area contributed by atoms with E-state index in [4.69, 9.17) is 11.6 Å². The molecule has 0 bridgehead atoms. The molecule has 3 aromatic heterocycles. The van der Waals surface area contributed by atoms with Crippen molar-refractivity contribution in [3.63, 3.8) is 0 Å². The minimum Gasteiger partial charge on any atom is -0.246 e. The van der Waals surface area contributed by atoms with Crippen molar-refractivity contribution in [1.29, 1.82) is 0 Å². The maximum absolute atomic E-state index is 14.1. The second kappa shape index (κ2) is 5.63. The molecular formula is C14H9ClFN5S2. The Morgan fingerprint density at radius 2 is 2.17 bits per heavy atom. The normalized spacial score (nSPS) is 11.4. The minimum absolute atomic E-state index is 0.322. The molecule has 0 radical (unpaired) electrons. The Morgan fingerprint density at radius 3 is 2.91 bits per heavy atom. The SMILES string of the molecule is Cc1nc(Cc2nn3c(-c4ccc(Cl)cc4F)nnc3s2)cs1. The molecule has 4 rings (SSSR count). The maximum atomic E-state index is 14.1. The van der Waals surface area contributed by atoms with Crippen LogP contribution >= 0.6 is 34.3 Å². The van der Waals surface area contributed by atoms with Crippen LogP contribution in [0.25, 0.3) is 16.3 Å². The van der Waals surface area contributed by atoms with E-state index in [2.05, 4.69) is 20.3 Å². The number of aromatic nitrogens is 5. The van der Waals surface area contributed by atoms with Crippen LogP contribution in [0.3, 0.4) is 0 Å². The van der Waals surface area contributed by atoms with Crippen molar-refractivity contribution in [2.24, 2.45) is 0 Å². The third-order valence-electron chi connectivity index (χ3n) is 3.20. The Labute approximate surface area is 143 Å². The number of halogens is 2. The van der Waals surface area contributed by atoms with E-state index in [1.54, 1.807) is 28.0 Å². The van der Waals surface area contributed by atoms with Crippen LogP contribution in [0.1, 0.15) is 15.7 Å². The van der Waals surface area contributed by atoms with Crippen LogP contribution in [0.4, 0.5) is 4.39 Å². The number of aryl methyl sites for hydroxylation is 1. The number of rotatable bonds is 3. The van der Waals surface area contributed by atoms with Crippen LogP contribution in [0.15, 0.2) is 23.6 Å². The topological polar surface area (TPSA) is 56.0 Å². The van der Waals surface area contributed by atoms with E-state index in [1.807, 2.05) is 12.3 Å². The highest BCUT2D eigenvalue weighted by molar-refractivity contribution is 7.16. The van der Waals surface area contributed by atoms with Crippen LogP contribution < -0.4 is 0 Å². The average Bonchev–Trinajstić information content (AvgIpc) is 3.16. The van der Waals surface area contributed by atoms with E-state index in [-0.39, 0.29) is 0 Å². The highest BCUT2D eigenvalue weighted by Crippen LogP contribution is 2.26. The Balaban J connectivity index is 1.74. The molecule has 0 spiro atoms. The zero-order valence-electron chi connectivity index (χ0n) is 11.8. The predicted molar refractivity (Wildman–Crippen MR) is 88.7 cm³/mol. The van der Waals surface area contributed by atoms with Crippen LogP contribution in [0, 0.1) is 12.7 Å². The standard InChI is InChI=1S/C14H9ClFN5S2/c1-7-17-9(6-22-7)5-12-20-21-13(18-19-14(21)23-12)10-3-2-8(15)4-11(10)16/h2-4,6H,5H2,1H3.